The van der Waals surface area contributed by atoms with Crippen molar-refractivity contribution in [3.8, 4) is 0 Å². The quantitative estimate of drug-likeness (QED) is 0.896. The van der Waals surface area contributed by atoms with E-state index in [1.165, 1.54) is 0 Å². The third-order valence-electron chi connectivity index (χ3n) is 4.98. The highest BCUT2D eigenvalue weighted by Crippen LogP contribution is 2.51. The fourth-order valence-corrected chi connectivity index (χ4v) is 3.99. The van der Waals surface area contributed by atoms with Crippen molar-refractivity contribution in [2.75, 3.05) is 6.54 Å². The Balaban J connectivity index is 1.70. The highest BCUT2D eigenvalue weighted by molar-refractivity contribution is 6.35. The van der Waals surface area contributed by atoms with Gasteiger partial charge >= 0.3 is 5.97 Å². The molecule has 6 heteroatoms. The van der Waals surface area contributed by atoms with Crippen molar-refractivity contribution >= 4 is 35.1 Å². The molecule has 1 aromatic rings. The first-order valence-corrected chi connectivity index (χ1v) is 8.62. The zero-order chi connectivity index (χ0) is 16.7. The number of hydrogen-bond acceptors (Lipinski definition) is 2. The lowest BCUT2D eigenvalue weighted by molar-refractivity contribution is -0.147. The van der Waals surface area contributed by atoms with Crippen molar-refractivity contribution in [3.05, 3.63) is 33.8 Å². The van der Waals surface area contributed by atoms with Crippen LogP contribution in [0.3, 0.4) is 0 Å². The molecule has 1 aromatic carbocycles. The van der Waals surface area contributed by atoms with Gasteiger partial charge in [0.15, 0.2) is 0 Å². The van der Waals surface area contributed by atoms with E-state index in [0.717, 1.165) is 18.4 Å². The highest BCUT2D eigenvalue weighted by Gasteiger charge is 2.48. The summed E-state index contributed by atoms with van der Waals surface area (Å²) >= 11 is 12.1. The topological polar surface area (TPSA) is 57.6 Å². The molecule has 3 rings (SSSR count). The average Bonchev–Trinajstić information content (AvgIpc) is 3.27. The molecule has 0 spiro atoms. The summed E-state index contributed by atoms with van der Waals surface area (Å²) in [5.74, 6) is -1.19. The molecule has 4 atom stereocenters. The molecule has 2 aliphatic rings. The number of likely N-dealkylation sites (tertiary alicyclic amines) is 1. The van der Waals surface area contributed by atoms with Crippen LogP contribution in [-0.2, 0) is 9.59 Å². The summed E-state index contributed by atoms with van der Waals surface area (Å²) in [5, 5.41) is 10.4. The highest BCUT2D eigenvalue weighted by atomic mass is 35.5. The molecule has 1 saturated heterocycles. The first-order chi connectivity index (χ1) is 10.9. The molecule has 124 valence electrons. The van der Waals surface area contributed by atoms with Gasteiger partial charge in [-0.1, -0.05) is 29.3 Å². The van der Waals surface area contributed by atoms with Crippen LogP contribution in [0.2, 0.25) is 10.0 Å². The molecular formula is C17H19Cl2NO3. The van der Waals surface area contributed by atoms with Crippen molar-refractivity contribution in [2.24, 2.45) is 11.8 Å². The molecule has 2 fully saturated rings. The van der Waals surface area contributed by atoms with E-state index < -0.39 is 11.9 Å². The van der Waals surface area contributed by atoms with Gasteiger partial charge in [-0.05, 0) is 49.8 Å². The number of nitrogens with zero attached hydrogens (tertiary/aromatic N) is 1. The first kappa shape index (κ1) is 16.6. The van der Waals surface area contributed by atoms with Gasteiger partial charge < -0.3 is 10.0 Å². The maximum Gasteiger partial charge on any atom is 0.308 e. The van der Waals surface area contributed by atoms with E-state index in [4.69, 9.17) is 23.2 Å². The van der Waals surface area contributed by atoms with Crippen molar-refractivity contribution in [2.45, 2.75) is 38.1 Å². The molecular weight excluding hydrogens is 337 g/mol. The van der Waals surface area contributed by atoms with E-state index >= 15 is 0 Å². The Labute approximate surface area is 145 Å². The maximum atomic E-state index is 12.8. The van der Waals surface area contributed by atoms with Crippen LogP contribution in [0.5, 0.6) is 0 Å². The van der Waals surface area contributed by atoms with Crippen molar-refractivity contribution in [1.29, 1.82) is 0 Å². The molecule has 4 unspecified atom stereocenters. The minimum absolute atomic E-state index is 0.0551. The van der Waals surface area contributed by atoms with E-state index in [0.29, 0.717) is 23.0 Å². The Morgan fingerprint density at radius 2 is 2.00 bits per heavy atom. The van der Waals surface area contributed by atoms with Crippen LogP contribution in [0.4, 0.5) is 0 Å². The minimum Gasteiger partial charge on any atom is -0.481 e. The van der Waals surface area contributed by atoms with Gasteiger partial charge in [-0.25, -0.2) is 0 Å². The fourth-order valence-electron chi connectivity index (χ4n) is 3.44. The predicted molar refractivity (Wildman–Crippen MR) is 88.8 cm³/mol. The summed E-state index contributed by atoms with van der Waals surface area (Å²) in [6.45, 7) is 2.30. The van der Waals surface area contributed by atoms with Crippen molar-refractivity contribution in [1.82, 2.24) is 4.90 Å². The molecule has 1 N–H and O–H groups in total. The Hall–Kier alpha value is -1.26. The van der Waals surface area contributed by atoms with Gasteiger partial charge in [0.2, 0.25) is 5.91 Å². The SMILES string of the molecule is CC1CCC(C(=O)O)CN1C(=O)C1CC1c1ccc(Cl)cc1Cl. The first-order valence-electron chi connectivity index (χ1n) is 7.86. The zero-order valence-electron chi connectivity index (χ0n) is 12.8. The summed E-state index contributed by atoms with van der Waals surface area (Å²) in [4.78, 5) is 25.7. The third-order valence-corrected chi connectivity index (χ3v) is 5.55. The molecule has 1 heterocycles. The Kier molecular flexibility index (Phi) is 4.56. The minimum atomic E-state index is -0.817. The van der Waals surface area contributed by atoms with E-state index in [-0.39, 0.29) is 23.8 Å². The molecule has 4 nitrogen and oxygen atoms in total. The lowest BCUT2D eigenvalue weighted by Crippen LogP contribution is -2.48. The van der Waals surface area contributed by atoms with Gasteiger partial charge in [-0.3, -0.25) is 9.59 Å². The molecule has 1 aliphatic heterocycles. The molecule has 1 amide bonds. The van der Waals surface area contributed by atoms with Crippen LogP contribution in [0.15, 0.2) is 18.2 Å². The summed E-state index contributed by atoms with van der Waals surface area (Å²) in [5.41, 5.74) is 0.953. The second-order valence-electron chi connectivity index (χ2n) is 6.57. The number of carboxylic acids is 1. The number of benzene rings is 1. The lowest BCUT2D eigenvalue weighted by atomic mass is 9.93. The van der Waals surface area contributed by atoms with Gasteiger partial charge in [0.1, 0.15) is 0 Å². The monoisotopic (exact) mass is 355 g/mol. The number of carbonyl (C=O) groups is 2. The summed E-state index contributed by atoms with van der Waals surface area (Å²) in [7, 11) is 0. The number of amides is 1. The third kappa shape index (κ3) is 3.33. The Morgan fingerprint density at radius 1 is 1.26 bits per heavy atom. The average molecular weight is 356 g/mol. The van der Waals surface area contributed by atoms with Gasteiger partial charge in [-0.15, -0.1) is 0 Å². The van der Waals surface area contributed by atoms with E-state index in [1.54, 1.807) is 17.0 Å². The van der Waals surface area contributed by atoms with Gasteiger partial charge in [-0.2, -0.15) is 0 Å². The second-order valence-corrected chi connectivity index (χ2v) is 7.41. The summed E-state index contributed by atoms with van der Waals surface area (Å²) < 4.78 is 0. The van der Waals surface area contributed by atoms with Gasteiger partial charge in [0.05, 0.1) is 5.92 Å². The van der Waals surface area contributed by atoms with Crippen LogP contribution >= 0.6 is 23.2 Å². The molecule has 1 aliphatic carbocycles. The van der Waals surface area contributed by atoms with Gasteiger partial charge in [0, 0.05) is 28.5 Å². The number of rotatable bonds is 3. The number of piperidine rings is 1. The number of halogens is 2. The second kappa shape index (κ2) is 6.33. The lowest BCUT2D eigenvalue weighted by Gasteiger charge is -2.36. The van der Waals surface area contributed by atoms with Crippen LogP contribution < -0.4 is 0 Å². The Bertz CT molecular complexity index is 649. The molecule has 0 radical (unpaired) electrons. The maximum absolute atomic E-state index is 12.8. The van der Waals surface area contributed by atoms with Crippen LogP contribution in [0, 0.1) is 11.8 Å². The van der Waals surface area contributed by atoms with Crippen LogP contribution in [-0.4, -0.2) is 34.5 Å². The number of carbonyl (C=O) groups excluding carboxylic acids is 1. The number of hydrogen-bond donors (Lipinski definition) is 1. The zero-order valence-corrected chi connectivity index (χ0v) is 14.3. The van der Waals surface area contributed by atoms with Gasteiger partial charge in [0.25, 0.3) is 0 Å². The van der Waals surface area contributed by atoms with Crippen LogP contribution in [0.25, 0.3) is 0 Å². The Morgan fingerprint density at radius 3 is 2.65 bits per heavy atom. The number of carboxylic acid groups (broad SMARTS) is 1. The normalized spacial score (nSPS) is 30.1. The smallest absolute Gasteiger partial charge is 0.308 e. The predicted octanol–water partition coefficient (Wildman–Crippen LogP) is 3.81. The number of aliphatic carboxylic acids is 1. The summed E-state index contributed by atoms with van der Waals surface area (Å²) in [6, 6.07) is 5.46. The largest absolute Gasteiger partial charge is 0.481 e. The molecule has 23 heavy (non-hydrogen) atoms. The fraction of sp³-hybridized carbons (Fsp3) is 0.529. The molecule has 1 saturated carbocycles. The molecule has 0 aromatic heterocycles. The van der Waals surface area contributed by atoms with Crippen LogP contribution in [0.1, 0.15) is 37.7 Å². The standard InChI is InChI=1S/C17H19Cl2NO3/c1-9-2-3-10(17(22)23)8-20(9)16(21)14-7-13(14)12-5-4-11(18)6-15(12)19/h4-6,9-10,13-14H,2-3,7-8H2,1H3,(H,22,23). The van der Waals surface area contributed by atoms with E-state index in [9.17, 15) is 14.7 Å². The van der Waals surface area contributed by atoms with E-state index in [1.807, 2.05) is 13.0 Å². The van der Waals surface area contributed by atoms with Crippen molar-refractivity contribution in [3.63, 3.8) is 0 Å². The molecule has 0 bridgehead atoms. The summed E-state index contributed by atoms with van der Waals surface area (Å²) in [6.07, 6.45) is 2.14. The van der Waals surface area contributed by atoms with E-state index in [2.05, 4.69) is 0 Å². The van der Waals surface area contributed by atoms with Crippen molar-refractivity contribution < 1.29 is 14.7 Å².